The molecule has 3 heteroatoms. The highest BCUT2D eigenvalue weighted by Gasteiger charge is 2.27. The molecule has 0 bridgehead atoms. The van der Waals surface area contributed by atoms with E-state index in [1.54, 1.807) is 7.11 Å². The number of para-hydroxylation sites is 1. The lowest BCUT2D eigenvalue weighted by Gasteiger charge is -2.24. The van der Waals surface area contributed by atoms with Crippen molar-refractivity contribution < 1.29 is 9.47 Å². The van der Waals surface area contributed by atoms with Crippen molar-refractivity contribution in [2.45, 2.75) is 6.42 Å². The number of hydrogen-bond acceptors (Lipinski definition) is 2. The molecule has 0 aromatic heterocycles. The SMILES string of the molecule is COCOc1ccccc1P(c1ccccc1)c1cccc2c1Cc1ccccc1-2. The minimum absolute atomic E-state index is 0.243. The van der Waals surface area contributed by atoms with Gasteiger partial charge in [-0.15, -0.1) is 0 Å². The first kappa shape index (κ1) is 19.1. The van der Waals surface area contributed by atoms with Crippen molar-refractivity contribution in [3.05, 3.63) is 108 Å². The predicted octanol–water partition coefficient (Wildman–Crippen LogP) is 5.00. The molecule has 0 saturated heterocycles. The Balaban J connectivity index is 1.70. The van der Waals surface area contributed by atoms with E-state index < -0.39 is 7.92 Å². The Kier molecular flexibility index (Phi) is 5.36. The molecule has 5 rings (SSSR count). The third-order valence-corrected chi connectivity index (χ3v) is 8.09. The lowest BCUT2D eigenvalue weighted by Crippen LogP contribution is -2.24. The van der Waals surface area contributed by atoms with Crippen LogP contribution in [-0.4, -0.2) is 13.9 Å². The van der Waals surface area contributed by atoms with Gasteiger partial charge in [-0.3, -0.25) is 0 Å². The molecule has 0 saturated carbocycles. The van der Waals surface area contributed by atoms with Gasteiger partial charge in [0.15, 0.2) is 6.79 Å². The van der Waals surface area contributed by atoms with Crippen molar-refractivity contribution in [1.29, 1.82) is 0 Å². The minimum atomic E-state index is -0.769. The second-order valence-electron chi connectivity index (χ2n) is 7.33. The van der Waals surface area contributed by atoms with Gasteiger partial charge in [-0.1, -0.05) is 91.0 Å². The highest BCUT2D eigenvalue weighted by Crippen LogP contribution is 2.43. The fourth-order valence-corrected chi connectivity index (χ4v) is 6.81. The Hall–Kier alpha value is -2.93. The Morgan fingerprint density at radius 2 is 1.40 bits per heavy atom. The molecule has 30 heavy (non-hydrogen) atoms. The molecule has 0 amide bonds. The molecule has 1 aliphatic carbocycles. The molecular formula is C27H23O2P. The van der Waals surface area contributed by atoms with E-state index in [-0.39, 0.29) is 6.79 Å². The second-order valence-corrected chi connectivity index (χ2v) is 9.48. The summed E-state index contributed by atoms with van der Waals surface area (Å²) in [6, 6.07) is 34.7. The molecule has 0 fully saturated rings. The smallest absolute Gasteiger partial charge is 0.188 e. The number of ether oxygens (including phenoxy) is 2. The van der Waals surface area contributed by atoms with Crippen LogP contribution < -0.4 is 20.7 Å². The Labute approximate surface area is 178 Å². The van der Waals surface area contributed by atoms with Crippen LogP contribution in [-0.2, 0) is 11.2 Å². The second kappa shape index (κ2) is 8.44. The molecule has 4 aromatic rings. The lowest BCUT2D eigenvalue weighted by molar-refractivity contribution is 0.0519. The van der Waals surface area contributed by atoms with Gasteiger partial charge < -0.3 is 9.47 Å². The zero-order chi connectivity index (χ0) is 20.3. The summed E-state index contributed by atoms with van der Waals surface area (Å²) in [6.45, 7) is 0.243. The largest absolute Gasteiger partial charge is 0.467 e. The van der Waals surface area contributed by atoms with Gasteiger partial charge in [0.1, 0.15) is 5.75 Å². The van der Waals surface area contributed by atoms with Crippen LogP contribution in [0.15, 0.2) is 97.1 Å². The van der Waals surface area contributed by atoms with Crippen LogP contribution in [0.25, 0.3) is 11.1 Å². The van der Waals surface area contributed by atoms with Crippen LogP contribution in [0.4, 0.5) is 0 Å². The van der Waals surface area contributed by atoms with Crippen molar-refractivity contribution in [2.75, 3.05) is 13.9 Å². The van der Waals surface area contributed by atoms with Gasteiger partial charge in [-0.05, 0) is 53.3 Å². The van der Waals surface area contributed by atoms with Crippen LogP contribution >= 0.6 is 7.92 Å². The Morgan fingerprint density at radius 3 is 2.27 bits per heavy atom. The molecule has 0 spiro atoms. The number of methoxy groups -OCH3 is 1. The predicted molar refractivity (Wildman–Crippen MR) is 126 cm³/mol. The van der Waals surface area contributed by atoms with Crippen molar-refractivity contribution in [1.82, 2.24) is 0 Å². The molecule has 0 N–H and O–H groups in total. The molecule has 1 aliphatic rings. The maximum absolute atomic E-state index is 5.99. The average molecular weight is 410 g/mol. The summed E-state index contributed by atoms with van der Waals surface area (Å²) >= 11 is 0. The van der Waals surface area contributed by atoms with Crippen molar-refractivity contribution in [3.63, 3.8) is 0 Å². The van der Waals surface area contributed by atoms with E-state index >= 15 is 0 Å². The van der Waals surface area contributed by atoms with Crippen molar-refractivity contribution in [3.8, 4) is 16.9 Å². The summed E-state index contributed by atoms with van der Waals surface area (Å²) in [4.78, 5) is 0. The topological polar surface area (TPSA) is 18.5 Å². The van der Waals surface area contributed by atoms with E-state index in [0.717, 1.165) is 12.2 Å². The molecule has 4 aromatic carbocycles. The summed E-state index contributed by atoms with van der Waals surface area (Å²) in [6.07, 6.45) is 0.981. The Bertz CT molecular complexity index is 1170. The maximum Gasteiger partial charge on any atom is 0.188 e. The number of benzene rings is 4. The molecule has 1 unspecified atom stereocenters. The standard InChI is InChI=1S/C27H23O2P/c1-28-19-29-25-15-7-8-16-27(25)30(21-11-3-2-4-12-21)26-17-9-14-23-22-13-6-5-10-20(22)18-24(23)26/h2-17H,18-19H2,1H3. The lowest BCUT2D eigenvalue weighted by atomic mass is 10.1. The molecular weight excluding hydrogens is 387 g/mol. The van der Waals surface area contributed by atoms with E-state index in [0.29, 0.717) is 0 Å². The molecule has 1 atom stereocenters. The third kappa shape index (κ3) is 3.43. The molecule has 0 aliphatic heterocycles. The van der Waals surface area contributed by atoms with Gasteiger partial charge >= 0.3 is 0 Å². The van der Waals surface area contributed by atoms with E-state index in [4.69, 9.17) is 9.47 Å². The molecule has 2 nitrogen and oxygen atoms in total. The van der Waals surface area contributed by atoms with Crippen LogP contribution in [0.3, 0.4) is 0 Å². The van der Waals surface area contributed by atoms with Gasteiger partial charge in [0.05, 0.1) is 0 Å². The monoisotopic (exact) mass is 410 g/mol. The van der Waals surface area contributed by atoms with E-state index in [2.05, 4.69) is 84.9 Å². The van der Waals surface area contributed by atoms with E-state index in [9.17, 15) is 0 Å². The van der Waals surface area contributed by atoms with Crippen LogP contribution in [0.2, 0.25) is 0 Å². The summed E-state index contributed by atoms with van der Waals surface area (Å²) in [5.74, 6) is 0.891. The zero-order valence-corrected chi connectivity index (χ0v) is 17.8. The van der Waals surface area contributed by atoms with Crippen LogP contribution in [0.1, 0.15) is 11.1 Å². The summed E-state index contributed by atoms with van der Waals surface area (Å²) in [5, 5.41) is 3.95. The van der Waals surface area contributed by atoms with Crippen molar-refractivity contribution in [2.24, 2.45) is 0 Å². The van der Waals surface area contributed by atoms with Gasteiger partial charge in [-0.25, -0.2) is 0 Å². The van der Waals surface area contributed by atoms with E-state index in [1.165, 1.54) is 38.2 Å². The van der Waals surface area contributed by atoms with Gasteiger partial charge in [0.25, 0.3) is 0 Å². The molecule has 0 heterocycles. The first-order valence-corrected chi connectivity index (χ1v) is 11.5. The highest BCUT2D eigenvalue weighted by molar-refractivity contribution is 7.80. The third-order valence-electron chi connectivity index (χ3n) is 5.52. The quantitative estimate of drug-likeness (QED) is 0.290. The average Bonchev–Trinajstić information content (AvgIpc) is 3.19. The first-order valence-electron chi connectivity index (χ1n) is 10.1. The maximum atomic E-state index is 5.99. The fourth-order valence-electron chi connectivity index (χ4n) is 4.22. The van der Waals surface area contributed by atoms with Gasteiger partial charge in [0.2, 0.25) is 0 Å². The van der Waals surface area contributed by atoms with Gasteiger partial charge in [-0.2, -0.15) is 0 Å². The molecule has 0 radical (unpaired) electrons. The van der Waals surface area contributed by atoms with Gasteiger partial charge in [0, 0.05) is 12.4 Å². The number of rotatable bonds is 6. The highest BCUT2D eigenvalue weighted by atomic mass is 31.1. The summed E-state index contributed by atoms with van der Waals surface area (Å²) in [5.41, 5.74) is 5.57. The summed E-state index contributed by atoms with van der Waals surface area (Å²) in [7, 11) is 0.887. The fraction of sp³-hybridized carbons (Fsp3) is 0.111. The van der Waals surface area contributed by atoms with E-state index in [1.807, 2.05) is 12.1 Å². The Morgan fingerprint density at radius 1 is 0.700 bits per heavy atom. The zero-order valence-electron chi connectivity index (χ0n) is 16.9. The number of hydrogen-bond donors (Lipinski definition) is 0. The first-order chi connectivity index (χ1) is 14.9. The number of fused-ring (bicyclic) bond motifs is 3. The van der Waals surface area contributed by atoms with Crippen molar-refractivity contribution >= 4 is 23.8 Å². The van der Waals surface area contributed by atoms with Crippen LogP contribution in [0.5, 0.6) is 5.75 Å². The summed E-state index contributed by atoms with van der Waals surface area (Å²) < 4.78 is 11.2. The molecule has 148 valence electrons. The van der Waals surface area contributed by atoms with Crippen LogP contribution in [0, 0.1) is 0 Å². The normalized spacial score (nSPS) is 12.8. The minimum Gasteiger partial charge on any atom is -0.467 e.